The second-order valence-corrected chi connectivity index (χ2v) is 7.14. The second-order valence-electron chi connectivity index (χ2n) is 7.14. The minimum Gasteiger partial charge on any atom is -0.460 e. The van der Waals surface area contributed by atoms with Crippen LogP contribution in [0.25, 0.3) is 0 Å². The summed E-state index contributed by atoms with van der Waals surface area (Å²) in [6.45, 7) is 1.85. The highest BCUT2D eigenvalue weighted by atomic mass is 19.1. The van der Waals surface area contributed by atoms with Crippen LogP contribution in [0.4, 0.5) is 14.5 Å². The van der Waals surface area contributed by atoms with Crippen molar-refractivity contribution in [3.63, 3.8) is 0 Å². The van der Waals surface area contributed by atoms with Crippen molar-refractivity contribution < 1.29 is 33.0 Å². The van der Waals surface area contributed by atoms with Crippen LogP contribution in [0.2, 0.25) is 0 Å². The number of rotatable bonds is 5. The third kappa shape index (κ3) is 4.64. The van der Waals surface area contributed by atoms with Crippen LogP contribution in [-0.2, 0) is 19.1 Å². The summed E-state index contributed by atoms with van der Waals surface area (Å²) in [5.74, 6) is -3.64. The maximum atomic E-state index is 14.7. The Labute approximate surface area is 166 Å². The first-order valence-electron chi connectivity index (χ1n) is 9.37. The van der Waals surface area contributed by atoms with Gasteiger partial charge in [0.1, 0.15) is 30.0 Å². The summed E-state index contributed by atoms with van der Waals surface area (Å²) in [7, 11) is 0. The van der Waals surface area contributed by atoms with E-state index in [9.17, 15) is 23.2 Å². The third-order valence-corrected chi connectivity index (χ3v) is 5.17. The molecule has 0 spiro atoms. The Bertz CT molecular complexity index is 788. The molecule has 2 N–H and O–H groups in total. The number of halogens is 2. The Balaban J connectivity index is 1.71. The van der Waals surface area contributed by atoms with Gasteiger partial charge < -0.3 is 25.0 Å². The molecule has 2 aliphatic heterocycles. The molecule has 158 valence electrons. The Morgan fingerprint density at radius 2 is 1.83 bits per heavy atom. The van der Waals surface area contributed by atoms with Crippen LogP contribution in [-0.4, -0.2) is 73.2 Å². The standard InChI is InChI=1S/C19H23F2N3O5/c1-11(26)22-9-13-8-14(19(28)29-13)12-6-15(20)18(16(21)7-12)24-4-2-23(3-5-24)17(27)10-25/h6-7,13-14,25H,2-5,8-10H2,1H3,(H,22,26)/t13?,14-/m1/s1. The maximum Gasteiger partial charge on any atom is 0.313 e. The van der Waals surface area contributed by atoms with Gasteiger partial charge in [0.25, 0.3) is 0 Å². The molecule has 2 heterocycles. The van der Waals surface area contributed by atoms with Crippen molar-refractivity contribution in [2.75, 3.05) is 44.2 Å². The number of hydrogen-bond acceptors (Lipinski definition) is 6. The first-order chi connectivity index (χ1) is 13.8. The molecule has 2 atom stereocenters. The first-order valence-corrected chi connectivity index (χ1v) is 9.37. The molecular weight excluding hydrogens is 388 g/mol. The molecule has 10 heteroatoms. The minimum absolute atomic E-state index is 0.150. The fourth-order valence-electron chi connectivity index (χ4n) is 3.68. The fraction of sp³-hybridized carbons (Fsp3) is 0.526. The maximum absolute atomic E-state index is 14.7. The Hall–Kier alpha value is -2.75. The van der Waals surface area contributed by atoms with Crippen molar-refractivity contribution >= 4 is 23.5 Å². The Morgan fingerprint density at radius 1 is 1.21 bits per heavy atom. The number of cyclic esters (lactones) is 1. The van der Waals surface area contributed by atoms with E-state index in [0.29, 0.717) is 0 Å². The number of benzene rings is 1. The van der Waals surface area contributed by atoms with Gasteiger partial charge in [-0.1, -0.05) is 0 Å². The molecule has 1 aromatic carbocycles. The molecule has 1 aromatic rings. The molecule has 2 saturated heterocycles. The largest absolute Gasteiger partial charge is 0.460 e. The number of piperazine rings is 1. The molecule has 2 fully saturated rings. The summed E-state index contributed by atoms with van der Waals surface area (Å²) >= 11 is 0. The number of aliphatic hydroxyl groups is 1. The minimum atomic E-state index is -0.800. The zero-order chi connectivity index (χ0) is 21.1. The van der Waals surface area contributed by atoms with E-state index in [1.54, 1.807) is 0 Å². The van der Waals surface area contributed by atoms with Gasteiger partial charge in [-0.2, -0.15) is 0 Å². The van der Waals surface area contributed by atoms with Gasteiger partial charge in [-0.3, -0.25) is 14.4 Å². The quantitative estimate of drug-likeness (QED) is 0.669. The van der Waals surface area contributed by atoms with Gasteiger partial charge in [0, 0.05) is 39.5 Å². The van der Waals surface area contributed by atoms with Crippen LogP contribution >= 0.6 is 0 Å². The number of amides is 2. The lowest BCUT2D eigenvalue weighted by molar-refractivity contribution is -0.142. The molecule has 2 amide bonds. The number of carbonyl (C=O) groups is 3. The molecule has 0 aliphatic carbocycles. The lowest BCUT2D eigenvalue weighted by Gasteiger charge is -2.36. The molecule has 29 heavy (non-hydrogen) atoms. The average Bonchev–Trinajstić information content (AvgIpc) is 3.06. The van der Waals surface area contributed by atoms with Crippen molar-refractivity contribution in [3.05, 3.63) is 29.3 Å². The van der Waals surface area contributed by atoms with E-state index in [4.69, 9.17) is 9.84 Å². The van der Waals surface area contributed by atoms with Crippen LogP contribution in [0.15, 0.2) is 12.1 Å². The fourth-order valence-corrected chi connectivity index (χ4v) is 3.68. The van der Waals surface area contributed by atoms with Crippen LogP contribution < -0.4 is 10.2 Å². The third-order valence-electron chi connectivity index (χ3n) is 5.17. The summed E-state index contributed by atoms with van der Waals surface area (Å²) in [6, 6.07) is 2.27. The second kappa shape index (κ2) is 8.73. The Kier molecular flexibility index (Phi) is 6.31. The monoisotopic (exact) mass is 411 g/mol. The number of nitrogens with one attached hydrogen (secondary N) is 1. The van der Waals surface area contributed by atoms with E-state index in [2.05, 4.69) is 5.32 Å². The van der Waals surface area contributed by atoms with Crippen molar-refractivity contribution in [1.82, 2.24) is 10.2 Å². The molecule has 0 radical (unpaired) electrons. The van der Waals surface area contributed by atoms with E-state index in [1.165, 1.54) is 16.7 Å². The summed E-state index contributed by atoms with van der Waals surface area (Å²) in [6.07, 6.45) is -0.321. The van der Waals surface area contributed by atoms with E-state index < -0.39 is 42.1 Å². The van der Waals surface area contributed by atoms with Crippen LogP contribution in [0, 0.1) is 11.6 Å². The van der Waals surface area contributed by atoms with E-state index in [-0.39, 0.29) is 56.3 Å². The highest BCUT2D eigenvalue weighted by Gasteiger charge is 2.37. The van der Waals surface area contributed by atoms with Gasteiger partial charge in [-0.15, -0.1) is 0 Å². The van der Waals surface area contributed by atoms with E-state index in [0.717, 1.165) is 12.1 Å². The lowest BCUT2D eigenvalue weighted by Crippen LogP contribution is -2.50. The molecule has 0 saturated carbocycles. The van der Waals surface area contributed by atoms with Crippen LogP contribution in [0.3, 0.4) is 0 Å². The van der Waals surface area contributed by atoms with Gasteiger partial charge in [0.2, 0.25) is 11.8 Å². The van der Waals surface area contributed by atoms with Crippen molar-refractivity contribution in [1.29, 1.82) is 0 Å². The molecule has 0 bridgehead atoms. The summed E-state index contributed by atoms with van der Waals surface area (Å²) in [5.41, 5.74) is -0.0147. The molecular formula is C19H23F2N3O5. The number of anilines is 1. The molecule has 0 aromatic heterocycles. The number of hydrogen-bond donors (Lipinski definition) is 2. The summed E-state index contributed by atoms with van der Waals surface area (Å²) in [4.78, 5) is 37.6. The zero-order valence-electron chi connectivity index (χ0n) is 16.0. The van der Waals surface area contributed by atoms with Gasteiger partial charge in [-0.25, -0.2) is 8.78 Å². The molecule has 3 rings (SSSR count). The zero-order valence-corrected chi connectivity index (χ0v) is 16.0. The summed E-state index contributed by atoms with van der Waals surface area (Å²) < 4.78 is 34.7. The van der Waals surface area contributed by atoms with Gasteiger partial charge >= 0.3 is 5.97 Å². The van der Waals surface area contributed by atoms with Gasteiger partial charge in [-0.05, 0) is 17.7 Å². The van der Waals surface area contributed by atoms with Gasteiger partial charge in [0.15, 0.2) is 0 Å². The van der Waals surface area contributed by atoms with E-state index in [1.807, 2.05) is 0 Å². The molecule has 8 nitrogen and oxygen atoms in total. The highest BCUT2D eigenvalue weighted by Crippen LogP contribution is 2.34. The highest BCUT2D eigenvalue weighted by molar-refractivity contribution is 5.81. The van der Waals surface area contributed by atoms with Crippen molar-refractivity contribution in [3.8, 4) is 0 Å². The van der Waals surface area contributed by atoms with Gasteiger partial charge in [0.05, 0.1) is 12.5 Å². The smallest absolute Gasteiger partial charge is 0.313 e. The van der Waals surface area contributed by atoms with Crippen LogP contribution in [0.5, 0.6) is 0 Å². The predicted octanol–water partition coefficient (Wildman–Crippen LogP) is 0.141. The number of nitrogens with zero attached hydrogens (tertiary/aromatic N) is 2. The first kappa shape index (κ1) is 21.0. The number of ether oxygens (including phenoxy) is 1. The van der Waals surface area contributed by atoms with E-state index >= 15 is 0 Å². The summed E-state index contributed by atoms with van der Waals surface area (Å²) in [5, 5.41) is 11.5. The molecule has 2 aliphatic rings. The number of carbonyl (C=O) groups excluding carboxylic acids is 3. The number of aliphatic hydroxyl groups excluding tert-OH is 1. The van der Waals surface area contributed by atoms with Crippen molar-refractivity contribution in [2.24, 2.45) is 0 Å². The average molecular weight is 411 g/mol. The topological polar surface area (TPSA) is 99.2 Å². The normalized spacial score (nSPS) is 21.9. The SMILES string of the molecule is CC(=O)NCC1C[C@H](c2cc(F)c(N3CCN(C(=O)CO)CC3)c(F)c2)C(=O)O1. The molecule has 1 unspecified atom stereocenters. The predicted molar refractivity (Wildman–Crippen MR) is 98.2 cm³/mol. The Morgan fingerprint density at radius 3 is 2.38 bits per heavy atom. The van der Waals surface area contributed by atoms with Crippen LogP contribution in [0.1, 0.15) is 24.8 Å². The van der Waals surface area contributed by atoms with Crippen molar-refractivity contribution in [2.45, 2.75) is 25.4 Å². The lowest BCUT2D eigenvalue weighted by atomic mass is 9.94. The number of esters is 1.